The van der Waals surface area contributed by atoms with Crippen molar-refractivity contribution in [1.82, 2.24) is 9.21 Å². The highest BCUT2D eigenvalue weighted by Gasteiger charge is 2.34. The van der Waals surface area contributed by atoms with Gasteiger partial charge >= 0.3 is 0 Å². The Hall–Kier alpha value is -2.58. The molecule has 1 fully saturated rings. The van der Waals surface area contributed by atoms with Gasteiger partial charge in [-0.3, -0.25) is 4.79 Å². The van der Waals surface area contributed by atoms with Gasteiger partial charge in [-0.2, -0.15) is 4.31 Å². The molecule has 1 aliphatic rings. The number of nitrogens with zero attached hydrogens (tertiary/aromatic N) is 2. The van der Waals surface area contributed by atoms with Gasteiger partial charge in [-0.15, -0.1) is 0 Å². The van der Waals surface area contributed by atoms with E-state index in [1.165, 1.54) is 4.31 Å². The largest absolute Gasteiger partial charge is 0.497 e. The zero-order valence-corrected chi connectivity index (χ0v) is 19.3. The third kappa shape index (κ3) is 5.19. The number of sulfonamides is 1. The molecular weight excluding hydrogens is 416 g/mol. The maximum Gasteiger partial charge on any atom is 0.243 e. The van der Waals surface area contributed by atoms with Crippen molar-refractivity contribution in [3.63, 3.8) is 0 Å². The molecule has 1 saturated heterocycles. The predicted octanol–water partition coefficient (Wildman–Crippen LogP) is 3.07. The molecule has 31 heavy (non-hydrogen) atoms. The Morgan fingerprint density at radius 1 is 1.13 bits per heavy atom. The molecule has 2 aromatic rings. The van der Waals surface area contributed by atoms with Crippen molar-refractivity contribution >= 4 is 15.9 Å². The van der Waals surface area contributed by atoms with Gasteiger partial charge in [0, 0.05) is 26.7 Å². The summed E-state index contributed by atoms with van der Waals surface area (Å²) in [6.07, 6.45) is 1.33. The topological polar surface area (TPSA) is 76.2 Å². The zero-order valence-electron chi connectivity index (χ0n) is 18.5. The van der Waals surface area contributed by atoms with Gasteiger partial charge in [-0.25, -0.2) is 8.42 Å². The third-order valence-corrected chi connectivity index (χ3v) is 7.55. The zero-order chi connectivity index (χ0) is 22.6. The molecule has 1 heterocycles. The van der Waals surface area contributed by atoms with Gasteiger partial charge in [0.05, 0.1) is 25.0 Å². The van der Waals surface area contributed by atoms with Gasteiger partial charge in [0.25, 0.3) is 0 Å². The fourth-order valence-electron chi connectivity index (χ4n) is 3.92. The number of ether oxygens (including phenoxy) is 2. The molecule has 1 aliphatic heterocycles. The minimum absolute atomic E-state index is 0.0402. The summed E-state index contributed by atoms with van der Waals surface area (Å²) < 4.78 is 38.2. The van der Waals surface area contributed by atoms with Crippen LogP contribution >= 0.6 is 0 Å². The van der Waals surface area contributed by atoms with Crippen LogP contribution < -0.4 is 9.47 Å². The summed E-state index contributed by atoms with van der Waals surface area (Å²) in [5, 5.41) is 0. The highest BCUT2D eigenvalue weighted by molar-refractivity contribution is 7.89. The van der Waals surface area contributed by atoms with Crippen LogP contribution in [-0.2, 0) is 21.4 Å². The summed E-state index contributed by atoms with van der Waals surface area (Å²) in [5.41, 5.74) is 1.75. The van der Waals surface area contributed by atoms with Crippen molar-refractivity contribution in [2.75, 3.05) is 34.4 Å². The van der Waals surface area contributed by atoms with Crippen LogP contribution in [0, 0.1) is 12.8 Å². The molecular formula is C23H30N2O5S. The van der Waals surface area contributed by atoms with Gasteiger partial charge < -0.3 is 14.4 Å². The fourth-order valence-corrected chi connectivity index (χ4v) is 5.53. The van der Waals surface area contributed by atoms with E-state index in [9.17, 15) is 13.2 Å². The molecule has 0 spiro atoms. The number of amides is 1. The van der Waals surface area contributed by atoms with Crippen LogP contribution in [-0.4, -0.2) is 57.9 Å². The number of hydrogen-bond acceptors (Lipinski definition) is 5. The first-order valence-electron chi connectivity index (χ1n) is 10.3. The molecule has 0 saturated carbocycles. The molecule has 0 unspecified atom stereocenters. The monoisotopic (exact) mass is 446 g/mol. The second-order valence-corrected chi connectivity index (χ2v) is 9.81. The Labute approximate surface area is 184 Å². The Kier molecular flexibility index (Phi) is 7.23. The van der Waals surface area contributed by atoms with E-state index in [2.05, 4.69) is 0 Å². The SMILES string of the molecule is COc1ccc(CN(C)C(=O)[C@H]2CCCN(S(=O)(=O)c3ccc(OC)c(C)c3)C2)cc1. The molecule has 0 radical (unpaired) electrons. The molecule has 8 heteroatoms. The van der Waals surface area contributed by atoms with Gasteiger partial charge in [0.15, 0.2) is 0 Å². The van der Waals surface area contributed by atoms with E-state index in [0.29, 0.717) is 31.7 Å². The highest BCUT2D eigenvalue weighted by Crippen LogP contribution is 2.28. The predicted molar refractivity (Wildman–Crippen MR) is 119 cm³/mol. The number of carbonyl (C=O) groups is 1. The lowest BCUT2D eigenvalue weighted by Gasteiger charge is -2.33. The molecule has 0 N–H and O–H groups in total. The van der Waals surface area contributed by atoms with Gasteiger partial charge in [0.1, 0.15) is 11.5 Å². The first-order valence-corrected chi connectivity index (χ1v) is 11.7. The summed E-state index contributed by atoms with van der Waals surface area (Å²) in [7, 11) is 1.25. The Balaban J connectivity index is 1.69. The van der Waals surface area contributed by atoms with Gasteiger partial charge in [0.2, 0.25) is 15.9 Å². The van der Waals surface area contributed by atoms with Crippen LogP contribution in [0.15, 0.2) is 47.4 Å². The van der Waals surface area contributed by atoms with Gasteiger partial charge in [-0.1, -0.05) is 12.1 Å². The van der Waals surface area contributed by atoms with Crippen molar-refractivity contribution in [1.29, 1.82) is 0 Å². The van der Waals surface area contributed by atoms with Crippen molar-refractivity contribution in [2.24, 2.45) is 5.92 Å². The fraction of sp³-hybridized carbons (Fsp3) is 0.435. The van der Waals surface area contributed by atoms with E-state index in [1.807, 2.05) is 31.2 Å². The summed E-state index contributed by atoms with van der Waals surface area (Å²) >= 11 is 0. The lowest BCUT2D eigenvalue weighted by molar-refractivity contribution is -0.135. The van der Waals surface area contributed by atoms with Crippen LogP contribution in [0.3, 0.4) is 0 Å². The Bertz CT molecular complexity index is 1020. The lowest BCUT2D eigenvalue weighted by atomic mass is 9.98. The minimum atomic E-state index is -3.68. The summed E-state index contributed by atoms with van der Waals surface area (Å²) in [6, 6.07) is 12.4. The highest BCUT2D eigenvalue weighted by atomic mass is 32.2. The molecule has 1 amide bonds. The number of carbonyl (C=O) groups excluding carboxylic acids is 1. The molecule has 7 nitrogen and oxygen atoms in total. The number of methoxy groups -OCH3 is 2. The molecule has 0 bridgehead atoms. The Morgan fingerprint density at radius 3 is 2.45 bits per heavy atom. The van der Waals surface area contributed by atoms with E-state index < -0.39 is 10.0 Å². The second-order valence-electron chi connectivity index (χ2n) is 7.88. The van der Waals surface area contributed by atoms with Crippen molar-refractivity contribution in [2.45, 2.75) is 31.2 Å². The normalized spacial score (nSPS) is 17.2. The maximum atomic E-state index is 13.2. The third-order valence-electron chi connectivity index (χ3n) is 5.69. The first kappa shape index (κ1) is 23.1. The van der Waals surface area contributed by atoms with Crippen molar-refractivity contribution < 1.29 is 22.7 Å². The number of hydrogen-bond donors (Lipinski definition) is 0. The smallest absolute Gasteiger partial charge is 0.243 e. The summed E-state index contributed by atoms with van der Waals surface area (Å²) in [5.74, 6) is 1.01. The van der Waals surface area contributed by atoms with Gasteiger partial charge in [-0.05, 0) is 61.2 Å². The van der Waals surface area contributed by atoms with E-state index >= 15 is 0 Å². The van der Waals surface area contributed by atoms with Crippen molar-refractivity contribution in [3.8, 4) is 11.5 Å². The standard InChI is InChI=1S/C23H30N2O5S/c1-17-14-21(11-12-22(17)30-4)31(27,28)25-13-5-6-19(16-25)23(26)24(2)15-18-7-9-20(29-3)10-8-18/h7-12,14,19H,5-6,13,15-16H2,1-4H3/t19-/m0/s1. The van der Waals surface area contributed by atoms with E-state index in [4.69, 9.17) is 9.47 Å². The minimum Gasteiger partial charge on any atom is -0.497 e. The van der Waals surface area contributed by atoms with E-state index in [-0.39, 0.29) is 23.3 Å². The molecule has 0 aliphatic carbocycles. The van der Waals surface area contributed by atoms with Crippen LogP contribution in [0.4, 0.5) is 0 Å². The van der Waals surface area contributed by atoms with Crippen molar-refractivity contribution in [3.05, 3.63) is 53.6 Å². The van der Waals surface area contributed by atoms with E-state index in [1.54, 1.807) is 44.4 Å². The average molecular weight is 447 g/mol. The quantitative estimate of drug-likeness (QED) is 0.653. The molecule has 0 aromatic heterocycles. The number of rotatable bonds is 7. The van der Waals surface area contributed by atoms with Crippen LogP contribution in [0.25, 0.3) is 0 Å². The molecule has 168 valence electrons. The second kappa shape index (κ2) is 9.70. The van der Waals surface area contributed by atoms with Crippen LogP contribution in [0.2, 0.25) is 0 Å². The Morgan fingerprint density at radius 2 is 1.84 bits per heavy atom. The average Bonchev–Trinajstić information content (AvgIpc) is 2.79. The summed E-state index contributed by atoms with van der Waals surface area (Å²) in [6.45, 7) is 2.89. The molecule has 3 rings (SSSR count). The molecule has 1 atom stereocenters. The molecule has 2 aromatic carbocycles. The van der Waals surface area contributed by atoms with Crippen LogP contribution in [0.1, 0.15) is 24.0 Å². The summed E-state index contributed by atoms with van der Waals surface area (Å²) in [4.78, 5) is 14.9. The number of piperidine rings is 1. The lowest BCUT2D eigenvalue weighted by Crippen LogP contribution is -2.45. The van der Waals surface area contributed by atoms with E-state index in [0.717, 1.165) is 16.9 Å². The number of aryl methyl sites for hydroxylation is 1. The number of benzene rings is 2. The first-order chi connectivity index (χ1) is 14.8. The van der Waals surface area contributed by atoms with Crippen LogP contribution in [0.5, 0.6) is 11.5 Å². The maximum absolute atomic E-state index is 13.2.